The van der Waals surface area contributed by atoms with Gasteiger partial charge in [0.1, 0.15) is 5.75 Å². The molecule has 0 spiro atoms. The average Bonchev–Trinajstić information content (AvgIpc) is 2.91. The smallest absolute Gasteiger partial charge is 0.241 e. The SMILES string of the molecule is COc1ccc(NC(=O)C2CC3CCCCC3N2)cc1C. The Morgan fingerprint density at radius 3 is 2.86 bits per heavy atom. The van der Waals surface area contributed by atoms with Gasteiger partial charge in [-0.05, 0) is 55.9 Å². The van der Waals surface area contributed by atoms with Crippen LogP contribution in [0, 0.1) is 12.8 Å². The summed E-state index contributed by atoms with van der Waals surface area (Å²) in [5.41, 5.74) is 1.87. The fraction of sp³-hybridized carbons (Fsp3) is 0.588. The summed E-state index contributed by atoms with van der Waals surface area (Å²) in [4.78, 5) is 12.4. The van der Waals surface area contributed by atoms with Gasteiger partial charge in [-0.25, -0.2) is 0 Å². The van der Waals surface area contributed by atoms with Crippen LogP contribution >= 0.6 is 0 Å². The lowest BCUT2D eigenvalue weighted by Gasteiger charge is -2.24. The second-order valence-corrected chi connectivity index (χ2v) is 6.28. The van der Waals surface area contributed by atoms with Crippen LogP contribution in [0.15, 0.2) is 18.2 Å². The summed E-state index contributed by atoms with van der Waals surface area (Å²) in [7, 11) is 1.66. The van der Waals surface area contributed by atoms with Gasteiger partial charge in [0, 0.05) is 11.7 Å². The summed E-state index contributed by atoms with van der Waals surface area (Å²) in [6, 6.07) is 6.25. The lowest BCUT2D eigenvalue weighted by molar-refractivity contribution is -0.117. The molecule has 2 aliphatic rings. The Bertz CT molecular complexity index is 516. The Morgan fingerprint density at radius 2 is 2.14 bits per heavy atom. The zero-order valence-corrected chi connectivity index (χ0v) is 12.8. The van der Waals surface area contributed by atoms with Crippen LogP contribution in [-0.2, 0) is 4.79 Å². The van der Waals surface area contributed by atoms with Crippen LogP contribution in [-0.4, -0.2) is 25.1 Å². The summed E-state index contributed by atoms with van der Waals surface area (Å²) in [6.45, 7) is 1.98. The van der Waals surface area contributed by atoms with Gasteiger partial charge in [-0.15, -0.1) is 0 Å². The minimum Gasteiger partial charge on any atom is -0.496 e. The predicted octanol–water partition coefficient (Wildman–Crippen LogP) is 2.86. The molecule has 0 aromatic heterocycles. The number of amides is 1. The van der Waals surface area contributed by atoms with Crippen LogP contribution in [0.3, 0.4) is 0 Å². The van der Waals surface area contributed by atoms with Crippen molar-refractivity contribution >= 4 is 11.6 Å². The molecule has 114 valence electrons. The van der Waals surface area contributed by atoms with Crippen molar-refractivity contribution in [2.75, 3.05) is 12.4 Å². The fourth-order valence-corrected chi connectivity index (χ4v) is 3.71. The summed E-state index contributed by atoms with van der Waals surface area (Å²) in [6.07, 6.45) is 6.07. The van der Waals surface area contributed by atoms with Crippen molar-refractivity contribution in [1.29, 1.82) is 0 Å². The van der Waals surface area contributed by atoms with E-state index in [1.54, 1.807) is 7.11 Å². The number of carbonyl (C=O) groups is 1. The Balaban J connectivity index is 1.62. The average molecular weight is 288 g/mol. The third kappa shape index (κ3) is 3.05. The first-order chi connectivity index (χ1) is 10.2. The van der Waals surface area contributed by atoms with Gasteiger partial charge in [-0.1, -0.05) is 12.8 Å². The van der Waals surface area contributed by atoms with E-state index in [-0.39, 0.29) is 11.9 Å². The molecule has 1 heterocycles. The summed E-state index contributed by atoms with van der Waals surface area (Å²) < 4.78 is 5.24. The molecule has 1 aliphatic carbocycles. The minimum absolute atomic E-state index is 0.0412. The maximum atomic E-state index is 12.4. The second kappa shape index (κ2) is 6.06. The Labute approximate surface area is 126 Å². The van der Waals surface area contributed by atoms with Gasteiger partial charge in [0.05, 0.1) is 13.2 Å². The van der Waals surface area contributed by atoms with E-state index in [1.807, 2.05) is 25.1 Å². The quantitative estimate of drug-likeness (QED) is 0.899. The van der Waals surface area contributed by atoms with E-state index in [4.69, 9.17) is 4.74 Å². The van der Waals surface area contributed by atoms with E-state index in [9.17, 15) is 4.79 Å². The zero-order valence-electron chi connectivity index (χ0n) is 12.8. The van der Waals surface area contributed by atoms with Crippen LogP contribution in [0.1, 0.15) is 37.7 Å². The molecule has 3 atom stereocenters. The molecular weight excluding hydrogens is 264 g/mol. The first-order valence-electron chi connectivity index (χ1n) is 7.89. The number of carbonyl (C=O) groups excluding carboxylic acids is 1. The summed E-state index contributed by atoms with van der Waals surface area (Å²) >= 11 is 0. The molecule has 21 heavy (non-hydrogen) atoms. The number of benzene rings is 1. The van der Waals surface area contributed by atoms with Gasteiger partial charge in [-0.3, -0.25) is 4.79 Å². The number of nitrogens with one attached hydrogen (secondary N) is 2. The first-order valence-corrected chi connectivity index (χ1v) is 7.89. The van der Waals surface area contributed by atoms with Crippen LogP contribution in [0.25, 0.3) is 0 Å². The third-order valence-corrected chi connectivity index (χ3v) is 4.84. The molecule has 1 amide bonds. The van der Waals surface area contributed by atoms with E-state index in [0.717, 1.165) is 23.4 Å². The number of hydrogen-bond donors (Lipinski definition) is 2. The molecule has 1 aromatic carbocycles. The van der Waals surface area contributed by atoms with Crippen molar-refractivity contribution in [3.05, 3.63) is 23.8 Å². The highest BCUT2D eigenvalue weighted by molar-refractivity contribution is 5.95. The molecule has 3 unspecified atom stereocenters. The number of ether oxygens (including phenoxy) is 1. The molecule has 0 bridgehead atoms. The monoisotopic (exact) mass is 288 g/mol. The van der Waals surface area contributed by atoms with Crippen molar-refractivity contribution < 1.29 is 9.53 Å². The number of hydrogen-bond acceptors (Lipinski definition) is 3. The van der Waals surface area contributed by atoms with Crippen molar-refractivity contribution in [3.8, 4) is 5.75 Å². The van der Waals surface area contributed by atoms with Gasteiger partial charge < -0.3 is 15.4 Å². The van der Waals surface area contributed by atoms with Crippen molar-refractivity contribution in [3.63, 3.8) is 0 Å². The maximum absolute atomic E-state index is 12.4. The molecule has 0 radical (unpaired) electrons. The summed E-state index contributed by atoms with van der Waals surface area (Å²) in [5.74, 6) is 1.62. The number of anilines is 1. The van der Waals surface area contributed by atoms with Gasteiger partial charge in [-0.2, -0.15) is 0 Å². The molecule has 1 aromatic rings. The van der Waals surface area contributed by atoms with Crippen molar-refractivity contribution in [2.45, 2.75) is 51.1 Å². The van der Waals surface area contributed by atoms with E-state index >= 15 is 0 Å². The molecule has 2 N–H and O–H groups in total. The standard InChI is InChI=1S/C17H24N2O2/c1-11-9-13(7-8-16(11)21-2)18-17(20)15-10-12-5-3-4-6-14(12)19-15/h7-9,12,14-15,19H,3-6,10H2,1-2H3,(H,18,20). The van der Waals surface area contributed by atoms with E-state index in [0.29, 0.717) is 12.0 Å². The van der Waals surface area contributed by atoms with Crippen molar-refractivity contribution in [1.82, 2.24) is 5.32 Å². The first kappa shape index (κ1) is 14.4. The fourth-order valence-electron chi connectivity index (χ4n) is 3.71. The molecule has 1 saturated carbocycles. The zero-order chi connectivity index (χ0) is 14.8. The normalized spacial score (nSPS) is 28.0. The van der Waals surface area contributed by atoms with Crippen LogP contribution in [0.2, 0.25) is 0 Å². The van der Waals surface area contributed by atoms with Crippen molar-refractivity contribution in [2.24, 2.45) is 5.92 Å². The van der Waals surface area contributed by atoms with Crippen LogP contribution in [0.5, 0.6) is 5.75 Å². The molecule has 4 heteroatoms. The third-order valence-electron chi connectivity index (χ3n) is 4.84. The van der Waals surface area contributed by atoms with Gasteiger partial charge >= 0.3 is 0 Å². The molecule has 1 saturated heterocycles. The Kier molecular flexibility index (Phi) is 4.15. The molecule has 2 fully saturated rings. The van der Waals surface area contributed by atoms with Gasteiger partial charge in [0.25, 0.3) is 0 Å². The van der Waals surface area contributed by atoms with Gasteiger partial charge in [0.15, 0.2) is 0 Å². The van der Waals surface area contributed by atoms with Crippen LogP contribution in [0.4, 0.5) is 5.69 Å². The molecule has 4 nitrogen and oxygen atoms in total. The maximum Gasteiger partial charge on any atom is 0.241 e. The Morgan fingerprint density at radius 1 is 1.33 bits per heavy atom. The Hall–Kier alpha value is -1.55. The predicted molar refractivity (Wildman–Crippen MR) is 83.6 cm³/mol. The molecular formula is C17H24N2O2. The van der Waals surface area contributed by atoms with Crippen LogP contribution < -0.4 is 15.4 Å². The number of aryl methyl sites for hydroxylation is 1. The minimum atomic E-state index is -0.0412. The molecule has 3 rings (SSSR count). The highest BCUT2D eigenvalue weighted by atomic mass is 16.5. The highest BCUT2D eigenvalue weighted by Crippen LogP contribution is 2.33. The van der Waals surface area contributed by atoms with E-state index < -0.39 is 0 Å². The highest BCUT2D eigenvalue weighted by Gasteiger charge is 2.38. The van der Waals surface area contributed by atoms with E-state index in [2.05, 4.69) is 10.6 Å². The topological polar surface area (TPSA) is 50.4 Å². The van der Waals surface area contributed by atoms with Gasteiger partial charge in [0.2, 0.25) is 5.91 Å². The largest absolute Gasteiger partial charge is 0.496 e. The number of rotatable bonds is 3. The summed E-state index contributed by atoms with van der Waals surface area (Å²) in [5, 5.41) is 6.54. The lowest BCUT2D eigenvalue weighted by Crippen LogP contribution is -2.39. The number of methoxy groups -OCH3 is 1. The number of fused-ring (bicyclic) bond motifs is 1. The lowest BCUT2D eigenvalue weighted by atomic mass is 9.85. The molecule has 1 aliphatic heterocycles. The van der Waals surface area contributed by atoms with E-state index in [1.165, 1.54) is 25.7 Å². The second-order valence-electron chi connectivity index (χ2n) is 6.28.